The molecule has 2 rings (SSSR count). The summed E-state index contributed by atoms with van der Waals surface area (Å²) in [5, 5.41) is 9.29. The van der Waals surface area contributed by atoms with Gasteiger partial charge in [0.15, 0.2) is 0 Å². The molecule has 0 bridgehead atoms. The minimum absolute atomic E-state index is 0.222. The van der Waals surface area contributed by atoms with Crippen LogP contribution in [-0.4, -0.2) is 23.5 Å². The molecule has 0 heterocycles. The van der Waals surface area contributed by atoms with Gasteiger partial charge in [0.2, 0.25) is 5.91 Å². The summed E-state index contributed by atoms with van der Waals surface area (Å²) in [6.07, 6.45) is 2.74. The van der Waals surface area contributed by atoms with Crippen LogP contribution in [0.5, 0.6) is 0 Å². The fourth-order valence-electron chi connectivity index (χ4n) is 3.04. The van der Waals surface area contributed by atoms with Crippen molar-refractivity contribution in [1.82, 2.24) is 0 Å². The Kier molecular flexibility index (Phi) is 4.94. The Bertz CT molecular complexity index is 532. The standard InChI is InChI=1S/C16H20FNO3/c1-2-18(14-10-6-5-9-13(14)17)15(19)11-7-3-4-8-12(11)16(20)21/h5-6,9-12H,2-4,7-8H2,1H3,(H,20,21)/t11-,12+/m1/s1. The molecule has 2 atom stereocenters. The zero-order chi connectivity index (χ0) is 15.4. The van der Waals surface area contributed by atoms with E-state index in [0.29, 0.717) is 19.4 Å². The minimum Gasteiger partial charge on any atom is -0.481 e. The number of para-hydroxylation sites is 1. The monoisotopic (exact) mass is 293 g/mol. The van der Waals surface area contributed by atoms with Gasteiger partial charge >= 0.3 is 5.97 Å². The number of anilines is 1. The first-order valence-electron chi connectivity index (χ1n) is 7.35. The average Bonchev–Trinajstić information content (AvgIpc) is 2.49. The van der Waals surface area contributed by atoms with Crippen molar-refractivity contribution in [3.05, 3.63) is 30.1 Å². The third-order valence-electron chi connectivity index (χ3n) is 4.13. The average molecular weight is 293 g/mol. The fraction of sp³-hybridized carbons (Fsp3) is 0.500. The highest BCUT2D eigenvalue weighted by Gasteiger charge is 2.38. The summed E-state index contributed by atoms with van der Waals surface area (Å²) in [5.74, 6) is -2.90. The summed E-state index contributed by atoms with van der Waals surface area (Å²) >= 11 is 0. The smallest absolute Gasteiger partial charge is 0.307 e. The van der Waals surface area contributed by atoms with Gasteiger partial charge in [0.25, 0.3) is 0 Å². The van der Waals surface area contributed by atoms with E-state index in [0.717, 1.165) is 12.8 Å². The van der Waals surface area contributed by atoms with Crippen LogP contribution in [0, 0.1) is 17.7 Å². The third-order valence-corrected chi connectivity index (χ3v) is 4.13. The lowest BCUT2D eigenvalue weighted by molar-refractivity contribution is -0.148. The summed E-state index contributed by atoms with van der Waals surface area (Å²) in [5.41, 5.74) is 0.222. The van der Waals surface area contributed by atoms with Crippen LogP contribution in [0.4, 0.5) is 10.1 Å². The molecule has 0 aliphatic heterocycles. The highest BCUT2D eigenvalue weighted by molar-refractivity contribution is 5.97. The van der Waals surface area contributed by atoms with Crippen LogP contribution in [-0.2, 0) is 9.59 Å². The number of carbonyl (C=O) groups is 2. The molecule has 1 amide bonds. The zero-order valence-electron chi connectivity index (χ0n) is 12.1. The first-order chi connectivity index (χ1) is 10.1. The van der Waals surface area contributed by atoms with Gasteiger partial charge in [-0.2, -0.15) is 0 Å². The molecular weight excluding hydrogens is 273 g/mol. The number of benzene rings is 1. The first-order valence-corrected chi connectivity index (χ1v) is 7.35. The fourth-order valence-corrected chi connectivity index (χ4v) is 3.04. The van der Waals surface area contributed by atoms with Crippen molar-refractivity contribution >= 4 is 17.6 Å². The number of carbonyl (C=O) groups excluding carboxylic acids is 1. The Morgan fingerprint density at radius 1 is 1.24 bits per heavy atom. The quantitative estimate of drug-likeness (QED) is 0.928. The van der Waals surface area contributed by atoms with E-state index in [-0.39, 0.29) is 11.6 Å². The number of hydrogen-bond acceptors (Lipinski definition) is 2. The molecule has 1 aliphatic carbocycles. The predicted molar refractivity (Wildman–Crippen MR) is 77.5 cm³/mol. The van der Waals surface area contributed by atoms with Gasteiger partial charge in [-0.05, 0) is 31.9 Å². The molecule has 1 aromatic carbocycles. The Hall–Kier alpha value is -1.91. The van der Waals surface area contributed by atoms with Crippen LogP contribution >= 0.6 is 0 Å². The summed E-state index contributed by atoms with van der Waals surface area (Å²) in [6, 6.07) is 6.10. The van der Waals surface area contributed by atoms with Gasteiger partial charge in [0.05, 0.1) is 17.5 Å². The van der Waals surface area contributed by atoms with Crippen molar-refractivity contribution in [1.29, 1.82) is 0 Å². The molecule has 5 heteroatoms. The van der Waals surface area contributed by atoms with Crippen molar-refractivity contribution in [2.24, 2.45) is 11.8 Å². The van der Waals surface area contributed by atoms with Gasteiger partial charge in [-0.25, -0.2) is 4.39 Å². The predicted octanol–water partition coefficient (Wildman–Crippen LogP) is 3.07. The maximum absolute atomic E-state index is 13.9. The number of hydrogen-bond donors (Lipinski definition) is 1. The SMILES string of the molecule is CCN(C(=O)[C@@H]1CCCC[C@@H]1C(=O)O)c1ccccc1F. The van der Waals surface area contributed by atoms with Crippen molar-refractivity contribution in [3.63, 3.8) is 0 Å². The number of nitrogens with zero attached hydrogens (tertiary/aromatic N) is 1. The normalized spacial score (nSPS) is 21.8. The van der Waals surface area contributed by atoms with E-state index in [4.69, 9.17) is 0 Å². The van der Waals surface area contributed by atoms with Crippen molar-refractivity contribution in [3.8, 4) is 0 Å². The molecule has 4 nitrogen and oxygen atoms in total. The van der Waals surface area contributed by atoms with Crippen molar-refractivity contribution in [2.75, 3.05) is 11.4 Å². The molecule has 21 heavy (non-hydrogen) atoms. The topological polar surface area (TPSA) is 57.6 Å². The molecule has 1 N–H and O–H groups in total. The second-order valence-corrected chi connectivity index (χ2v) is 5.37. The largest absolute Gasteiger partial charge is 0.481 e. The molecule has 1 fully saturated rings. The lowest BCUT2D eigenvalue weighted by Crippen LogP contribution is -2.43. The number of carboxylic acids is 1. The van der Waals surface area contributed by atoms with Gasteiger partial charge in [-0.15, -0.1) is 0 Å². The second-order valence-electron chi connectivity index (χ2n) is 5.37. The molecule has 1 aliphatic rings. The van der Waals surface area contributed by atoms with Gasteiger partial charge in [-0.1, -0.05) is 25.0 Å². The van der Waals surface area contributed by atoms with Crippen LogP contribution in [0.3, 0.4) is 0 Å². The molecular formula is C16H20FNO3. The molecule has 0 saturated heterocycles. The van der Waals surface area contributed by atoms with E-state index in [1.807, 2.05) is 0 Å². The molecule has 0 aromatic heterocycles. The maximum atomic E-state index is 13.9. The number of aliphatic carboxylic acids is 1. The Labute approximate surface area is 123 Å². The third kappa shape index (κ3) is 3.23. The maximum Gasteiger partial charge on any atom is 0.307 e. The van der Waals surface area contributed by atoms with E-state index < -0.39 is 23.6 Å². The molecule has 0 unspecified atom stereocenters. The van der Waals surface area contributed by atoms with Crippen molar-refractivity contribution < 1.29 is 19.1 Å². The molecule has 0 spiro atoms. The van der Waals surface area contributed by atoms with E-state index in [1.54, 1.807) is 25.1 Å². The van der Waals surface area contributed by atoms with Crippen LogP contribution in [0.15, 0.2) is 24.3 Å². The van der Waals surface area contributed by atoms with Crippen LogP contribution < -0.4 is 4.90 Å². The van der Waals surface area contributed by atoms with E-state index in [2.05, 4.69) is 0 Å². The van der Waals surface area contributed by atoms with E-state index in [1.165, 1.54) is 11.0 Å². The van der Waals surface area contributed by atoms with Gasteiger partial charge < -0.3 is 10.0 Å². The van der Waals surface area contributed by atoms with E-state index in [9.17, 15) is 19.1 Å². The number of amides is 1. The minimum atomic E-state index is -0.933. The molecule has 114 valence electrons. The summed E-state index contributed by atoms with van der Waals surface area (Å²) in [4.78, 5) is 25.4. The zero-order valence-corrected chi connectivity index (χ0v) is 12.1. The number of carboxylic acid groups (broad SMARTS) is 1. The molecule has 1 saturated carbocycles. The summed E-state index contributed by atoms with van der Waals surface area (Å²) in [6.45, 7) is 2.09. The first kappa shape index (κ1) is 15.5. The van der Waals surface area contributed by atoms with Crippen LogP contribution in [0.25, 0.3) is 0 Å². The summed E-state index contributed by atoms with van der Waals surface area (Å²) in [7, 11) is 0. The Balaban J connectivity index is 2.27. The van der Waals surface area contributed by atoms with E-state index >= 15 is 0 Å². The number of halogens is 1. The lowest BCUT2D eigenvalue weighted by atomic mass is 9.78. The Morgan fingerprint density at radius 2 is 1.86 bits per heavy atom. The Morgan fingerprint density at radius 3 is 2.43 bits per heavy atom. The van der Waals surface area contributed by atoms with Gasteiger partial charge in [-0.3, -0.25) is 9.59 Å². The van der Waals surface area contributed by atoms with Crippen molar-refractivity contribution in [2.45, 2.75) is 32.6 Å². The molecule has 0 radical (unpaired) electrons. The summed E-state index contributed by atoms with van der Waals surface area (Å²) < 4.78 is 13.9. The number of rotatable bonds is 4. The molecule has 1 aromatic rings. The highest BCUT2D eigenvalue weighted by atomic mass is 19.1. The lowest BCUT2D eigenvalue weighted by Gasteiger charge is -2.32. The van der Waals surface area contributed by atoms with Gasteiger partial charge in [0.1, 0.15) is 5.82 Å². The van der Waals surface area contributed by atoms with Crippen LogP contribution in [0.1, 0.15) is 32.6 Å². The van der Waals surface area contributed by atoms with Gasteiger partial charge in [0, 0.05) is 6.54 Å². The second kappa shape index (κ2) is 6.70. The highest BCUT2D eigenvalue weighted by Crippen LogP contribution is 2.33. The van der Waals surface area contributed by atoms with Crippen LogP contribution in [0.2, 0.25) is 0 Å².